The fourth-order valence-corrected chi connectivity index (χ4v) is 0.608. The number of hydrogen-bond acceptors (Lipinski definition) is 3. The van der Waals surface area contributed by atoms with Crippen LogP contribution in [0.25, 0.3) is 0 Å². The zero-order valence-electron chi connectivity index (χ0n) is 5.06. The smallest absolute Gasteiger partial charge is 0.216 e. The van der Waals surface area contributed by atoms with E-state index in [1.54, 1.807) is 7.11 Å². The van der Waals surface area contributed by atoms with Crippen LogP contribution >= 0.6 is 0 Å². The minimum Gasteiger partial charge on any atom is -0.481 e. The Morgan fingerprint density at radius 1 is 1.88 bits per heavy atom. The second kappa shape index (κ2) is 1.94. The van der Waals surface area contributed by atoms with Gasteiger partial charge in [0.15, 0.2) is 0 Å². The highest BCUT2D eigenvalue weighted by molar-refractivity contribution is 4.88. The van der Waals surface area contributed by atoms with Crippen LogP contribution in [0.15, 0.2) is 5.88 Å². The number of ether oxygens (including phenoxy) is 1. The third-order valence-electron chi connectivity index (χ3n) is 1.05. The van der Waals surface area contributed by atoms with Gasteiger partial charge in [-0.05, 0) is 0 Å². The van der Waals surface area contributed by atoms with Crippen LogP contribution in [-0.4, -0.2) is 25.7 Å². The van der Waals surface area contributed by atoms with Crippen molar-refractivity contribution in [3.05, 3.63) is 12.1 Å². The molecular formula is C5H9N2O. The van der Waals surface area contributed by atoms with Crippen LogP contribution in [0.4, 0.5) is 0 Å². The van der Waals surface area contributed by atoms with Crippen molar-refractivity contribution in [2.75, 3.05) is 20.8 Å². The Labute approximate surface area is 48.9 Å². The molecule has 0 amide bonds. The predicted molar refractivity (Wildman–Crippen MR) is 29.5 cm³/mol. The summed E-state index contributed by atoms with van der Waals surface area (Å²) in [4.78, 5) is 1.93. The van der Waals surface area contributed by atoms with E-state index < -0.39 is 0 Å². The summed E-state index contributed by atoms with van der Waals surface area (Å²) in [7, 11) is 3.57. The molecule has 0 saturated heterocycles. The van der Waals surface area contributed by atoms with Gasteiger partial charge >= 0.3 is 0 Å². The minimum absolute atomic E-state index is 0.769. The summed E-state index contributed by atoms with van der Waals surface area (Å²) in [5.74, 6) is 0.769. The van der Waals surface area contributed by atoms with Gasteiger partial charge < -0.3 is 15.0 Å². The van der Waals surface area contributed by atoms with Crippen LogP contribution in [0.3, 0.4) is 0 Å². The molecule has 1 N–H and O–H groups in total. The van der Waals surface area contributed by atoms with Gasteiger partial charge in [0, 0.05) is 7.05 Å². The molecule has 1 aliphatic heterocycles. The Morgan fingerprint density at radius 3 is 2.88 bits per heavy atom. The van der Waals surface area contributed by atoms with E-state index in [0.29, 0.717) is 0 Å². The monoisotopic (exact) mass is 113 g/mol. The van der Waals surface area contributed by atoms with Crippen molar-refractivity contribution in [3.8, 4) is 0 Å². The molecule has 0 fully saturated rings. The van der Waals surface area contributed by atoms with Crippen molar-refractivity contribution in [2.45, 2.75) is 0 Å². The van der Waals surface area contributed by atoms with Gasteiger partial charge in [-0.2, -0.15) is 0 Å². The molecule has 0 aromatic carbocycles. The van der Waals surface area contributed by atoms with Crippen LogP contribution in [0.2, 0.25) is 0 Å². The van der Waals surface area contributed by atoms with Crippen molar-refractivity contribution in [2.24, 2.45) is 0 Å². The molecule has 1 aliphatic rings. The summed E-state index contributed by atoms with van der Waals surface area (Å²) in [6, 6.07) is 0. The van der Waals surface area contributed by atoms with E-state index in [1.165, 1.54) is 0 Å². The van der Waals surface area contributed by atoms with Gasteiger partial charge in [0.25, 0.3) is 0 Å². The second-order valence-electron chi connectivity index (χ2n) is 1.67. The van der Waals surface area contributed by atoms with E-state index in [2.05, 4.69) is 11.5 Å². The average Bonchev–Trinajstić information content (AvgIpc) is 2.14. The van der Waals surface area contributed by atoms with E-state index in [9.17, 15) is 0 Å². The lowest BCUT2D eigenvalue weighted by atomic mass is 10.8. The molecule has 1 radical (unpaired) electrons. The number of rotatable bonds is 1. The molecule has 0 atom stereocenters. The number of hydrogen-bond donors (Lipinski definition) is 1. The summed E-state index contributed by atoms with van der Waals surface area (Å²) in [6.45, 7) is 0.795. The molecular weight excluding hydrogens is 104 g/mol. The van der Waals surface area contributed by atoms with Gasteiger partial charge in [-0.25, -0.2) is 0 Å². The molecule has 8 heavy (non-hydrogen) atoms. The molecule has 0 bridgehead atoms. The first kappa shape index (κ1) is 5.28. The van der Waals surface area contributed by atoms with Gasteiger partial charge in [0.05, 0.1) is 13.8 Å². The van der Waals surface area contributed by atoms with Gasteiger partial charge in [-0.1, -0.05) is 0 Å². The molecule has 0 aromatic rings. The maximum absolute atomic E-state index is 4.89. The molecule has 3 nitrogen and oxygen atoms in total. The van der Waals surface area contributed by atoms with Gasteiger partial charge in [-0.3, -0.25) is 0 Å². The first-order chi connectivity index (χ1) is 3.84. The maximum Gasteiger partial charge on any atom is 0.216 e. The van der Waals surface area contributed by atoms with Crippen molar-refractivity contribution in [1.29, 1.82) is 0 Å². The first-order valence-electron chi connectivity index (χ1n) is 2.45. The van der Waals surface area contributed by atoms with E-state index in [4.69, 9.17) is 4.74 Å². The minimum atomic E-state index is 0.769. The zero-order chi connectivity index (χ0) is 5.98. The Morgan fingerprint density at radius 2 is 2.62 bits per heavy atom. The second-order valence-corrected chi connectivity index (χ2v) is 1.67. The highest BCUT2D eigenvalue weighted by Gasteiger charge is 2.08. The number of nitrogens with zero attached hydrogens (tertiary/aromatic N) is 1. The molecule has 45 valence electrons. The Bertz CT molecular complexity index is 111. The fraction of sp³-hybridized carbons (Fsp3) is 0.600. The molecule has 0 aliphatic carbocycles. The predicted octanol–water partition coefficient (Wildman–Crippen LogP) is -0.273. The topological polar surface area (TPSA) is 24.5 Å². The first-order valence-corrected chi connectivity index (χ1v) is 2.45. The van der Waals surface area contributed by atoms with Crippen molar-refractivity contribution < 1.29 is 4.74 Å². The van der Waals surface area contributed by atoms with Crippen molar-refractivity contribution in [3.63, 3.8) is 0 Å². The van der Waals surface area contributed by atoms with E-state index in [-0.39, 0.29) is 0 Å². The highest BCUT2D eigenvalue weighted by Crippen LogP contribution is 2.02. The fourth-order valence-electron chi connectivity index (χ4n) is 0.608. The van der Waals surface area contributed by atoms with Gasteiger partial charge in [0.1, 0.15) is 6.20 Å². The lowest BCUT2D eigenvalue weighted by Crippen LogP contribution is -2.18. The van der Waals surface area contributed by atoms with Crippen molar-refractivity contribution >= 4 is 0 Å². The molecule has 0 aromatic heterocycles. The van der Waals surface area contributed by atoms with Crippen LogP contribution in [0.5, 0.6) is 0 Å². The summed E-state index contributed by atoms with van der Waals surface area (Å²) >= 11 is 0. The highest BCUT2D eigenvalue weighted by atomic mass is 16.5. The zero-order valence-corrected chi connectivity index (χ0v) is 5.06. The van der Waals surface area contributed by atoms with Crippen LogP contribution < -0.4 is 5.32 Å². The van der Waals surface area contributed by atoms with Gasteiger partial charge in [0.2, 0.25) is 5.88 Å². The normalized spacial score (nSPS) is 17.8. The van der Waals surface area contributed by atoms with Crippen molar-refractivity contribution in [1.82, 2.24) is 10.2 Å². The summed E-state index contributed by atoms with van der Waals surface area (Å²) in [5, 5.41) is 2.89. The van der Waals surface area contributed by atoms with Gasteiger partial charge in [-0.15, -0.1) is 0 Å². The van der Waals surface area contributed by atoms with Crippen LogP contribution in [-0.2, 0) is 4.74 Å². The maximum atomic E-state index is 4.89. The quantitative estimate of drug-likeness (QED) is 0.506. The molecule has 0 spiro atoms. The SMILES string of the molecule is COC1=[C]NCN1C. The number of nitrogens with one attached hydrogen (secondary N) is 1. The van der Waals surface area contributed by atoms with E-state index in [1.807, 2.05) is 11.9 Å². The van der Waals surface area contributed by atoms with E-state index >= 15 is 0 Å². The Hall–Kier alpha value is -0.860. The third-order valence-corrected chi connectivity index (χ3v) is 1.05. The molecule has 1 rings (SSSR count). The average molecular weight is 113 g/mol. The third kappa shape index (κ3) is 0.710. The largest absolute Gasteiger partial charge is 0.481 e. The summed E-state index contributed by atoms with van der Waals surface area (Å²) in [6.07, 6.45) is 2.83. The molecule has 0 saturated carbocycles. The summed E-state index contributed by atoms with van der Waals surface area (Å²) in [5.41, 5.74) is 0. The molecule has 3 heteroatoms. The molecule has 0 unspecified atom stereocenters. The van der Waals surface area contributed by atoms with Crippen LogP contribution in [0.1, 0.15) is 0 Å². The number of methoxy groups -OCH3 is 1. The Balaban J connectivity index is 2.49. The Kier molecular flexibility index (Phi) is 1.28. The molecule has 1 heterocycles. The van der Waals surface area contributed by atoms with Crippen LogP contribution in [0, 0.1) is 6.20 Å². The van der Waals surface area contributed by atoms with E-state index in [0.717, 1.165) is 12.6 Å². The lowest BCUT2D eigenvalue weighted by molar-refractivity contribution is 0.189. The summed E-state index contributed by atoms with van der Waals surface area (Å²) < 4.78 is 4.89. The lowest BCUT2D eigenvalue weighted by Gasteiger charge is -2.11. The standard InChI is InChI=1S/C5H9N2O/c1-7-4-6-3-5(7)8-2/h6H,4H2,1-2H3.